The summed E-state index contributed by atoms with van der Waals surface area (Å²) >= 11 is 3.44. The number of benzene rings is 1. The molecule has 0 saturated carbocycles. The fourth-order valence-corrected chi connectivity index (χ4v) is 2.76. The zero-order valence-corrected chi connectivity index (χ0v) is 13.0. The molecule has 0 radical (unpaired) electrons. The van der Waals surface area contributed by atoms with E-state index in [1.807, 2.05) is 6.07 Å². The lowest BCUT2D eigenvalue weighted by Gasteiger charge is -2.32. The molecule has 1 aliphatic rings. The van der Waals surface area contributed by atoms with Crippen LogP contribution in [0.25, 0.3) is 0 Å². The number of anilines is 1. The lowest BCUT2D eigenvalue weighted by Crippen LogP contribution is -2.44. The highest BCUT2D eigenvalue weighted by atomic mass is 79.9. The average Bonchev–Trinajstić information content (AvgIpc) is 2.37. The Morgan fingerprint density at radius 3 is 2.53 bits per heavy atom. The minimum Gasteiger partial charge on any atom is -0.398 e. The number of nitrogens with zero attached hydrogens (tertiary/aromatic N) is 2. The van der Waals surface area contributed by atoms with Crippen molar-refractivity contribution in [2.75, 3.05) is 39.0 Å². The van der Waals surface area contributed by atoms with Crippen molar-refractivity contribution in [1.82, 2.24) is 9.80 Å². The zero-order chi connectivity index (χ0) is 14.0. The van der Waals surface area contributed by atoms with Gasteiger partial charge in [-0.1, -0.05) is 0 Å². The topological polar surface area (TPSA) is 49.6 Å². The fraction of sp³-hybridized carbons (Fsp3) is 0.500. The highest BCUT2D eigenvalue weighted by molar-refractivity contribution is 9.10. The van der Waals surface area contributed by atoms with E-state index in [9.17, 15) is 4.79 Å². The second kappa shape index (κ2) is 6.03. The molecule has 1 aliphatic heterocycles. The van der Waals surface area contributed by atoms with Gasteiger partial charge in [0.1, 0.15) is 0 Å². The van der Waals surface area contributed by atoms with Crippen LogP contribution in [0.1, 0.15) is 22.8 Å². The van der Waals surface area contributed by atoms with Crippen LogP contribution in [0.3, 0.4) is 0 Å². The van der Waals surface area contributed by atoms with Crippen LogP contribution in [0.5, 0.6) is 0 Å². The molecule has 0 aliphatic carbocycles. The van der Waals surface area contributed by atoms with Crippen LogP contribution >= 0.6 is 15.9 Å². The number of ketones is 1. The zero-order valence-electron chi connectivity index (χ0n) is 11.4. The van der Waals surface area contributed by atoms with E-state index in [0.717, 1.165) is 48.4 Å². The highest BCUT2D eigenvalue weighted by Gasteiger charge is 2.16. The van der Waals surface area contributed by atoms with E-state index in [1.165, 1.54) is 0 Å². The minimum atomic E-state index is 0.0697. The van der Waals surface area contributed by atoms with Crippen molar-refractivity contribution in [2.24, 2.45) is 0 Å². The standard InChI is InChI=1S/C14H20BrN3O/c1-10(19)11-7-12(14(16)13(15)8-11)9-18-5-3-17(2)4-6-18/h7-8H,3-6,9,16H2,1-2H3. The average molecular weight is 326 g/mol. The molecule has 0 aromatic heterocycles. The van der Waals surface area contributed by atoms with Gasteiger partial charge in [-0.05, 0) is 47.6 Å². The van der Waals surface area contributed by atoms with E-state index in [2.05, 4.69) is 32.8 Å². The number of rotatable bonds is 3. The van der Waals surface area contributed by atoms with Crippen molar-refractivity contribution in [1.29, 1.82) is 0 Å². The molecular formula is C14H20BrN3O. The number of halogens is 1. The smallest absolute Gasteiger partial charge is 0.159 e. The van der Waals surface area contributed by atoms with Crippen molar-refractivity contribution < 1.29 is 4.79 Å². The summed E-state index contributed by atoms with van der Waals surface area (Å²) in [6.45, 7) is 6.62. The van der Waals surface area contributed by atoms with Crippen LogP contribution in [0, 0.1) is 0 Å². The van der Waals surface area contributed by atoms with E-state index >= 15 is 0 Å². The molecule has 4 nitrogen and oxygen atoms in total. The molecule has 2 rings (SSSR count). The van der Waals surface area contributed by atoms with Crippen molar-refractivity contribution >= 4 is 27.4 Å². The van der Waals surface area contributed by atoms with Gasteiger partial charge in [0, 0.05) is 42.8 Å². The Kier molecular flexibility index (Phi) is 4.60. The van der Waals surface area contributed by atoms with Crippen LogP contribution < -0.4 is 5.73 Å². The maximum atomic E-state index is 11.5. The van der Waals surface area contributed by atoms with E-state index < -0.39 is 0 Å². The third-order valence-corrected chi connectivity index (χ3v) is 4.27. The van der Waals surface area contributed by atoms with Crippen molar-refractivity contribution in [3.05, 3.63) is 27.7 Å². The van der Waals surface area contributed by atoms with Crippen LogP contribution in [0.2, 0.25) is 0 Å². The summed E-state index contributed by atoms with van der Waals surface area (Å²) in [6, 6.07) is 3.71. The molecule has 1 saturated heterocycles. The summed E-state index contributed by atoms with van der Waals surface area (Å²) in [4.78, 5) is 16.2. The van der Waals surface area contributed by atoms with Crippen LogP contribution in [0.4, 0.5) is 5.69 Å². The van der Waals surface area contributed by atoms with Gasteiger partial charge >= 0.3 is 0 Å². The Hall–Kier alpha value is -0.910. The molecule has 0 unspecified atom stereocenters. The maximum Gasteiger partial charge on any atom is 0.159 e. The molecular weight excluding hydrogens is 306 g/mol. The molecule has 0 spiro atoms. The minimum absolute atomic E-state index is 0.0697. The summed E-state index contributed by atoms with van der Waals surface area (Å²) in [5.74, 6) is 0.0697. The third-order valence-electron chi connectivity index (χ3n) is 3.61. The fourth-order valence-electron chi connectivity index (χ4n) is 2.26. The monoisotopic (exact) mass is 325 g/mol. The molecule has 1 aromatic rings. The first-order valence-corrected chi connectivity index (χ1v) is 7.26. The third kappa shape index (κ3) is 3.55. The normalized spacial score (nSPS) is 17.6. The second-order valence-electron chi connectivity index (χ2n) is 5.17. The number of piperazine rings is 1. The Labute approximate surface area is 122 Å². The van der Waals surface area contributed by atoms with Gasteiger partial charge in [0.05, 0.1) is 5.69 Å². The van der Waals surface area contributed by atoms with Gasteiger partial charge in [-0.3, -0.25) is 9.69 Å². The summed E-state index contributed by atoms with van der Waals surface area (Å²) in [5.41, 5.74) is 8.59. The van der Waals surface area contributed by atoms with Crippen LogP contribution in [-0.2, 0) is 6.54 Å². The Morgan fingerprint density at radius 2 is 1.95 bits per heavy atom. The summed E-state index contributed by atoms with van der Waals surface area (Å²) in [5, 5.41) is 0. The Bertz CT molecular complexity index is 482. The maximum absolute atomic E-state index is 11.5. The van der Waals surface area contributed by atoms with Gasteiger partial charge < -0.3 is 10.6 Å². The molecule has 5 heteroatoms. The van der Waals surface area contributed by atoms with Gasteiger partial charge in [-0.2, -0.15) is 0 Å². The lowest BCUT2D eigenvalue weighted by molar-refractivity contribution is 0.101. The van der Waals surface area contributed by atoms with Gasteiger partial charge in [0.25, 0.3) is 0 Å². The van der Waals surface area contributed by atoms with Gasteiger partial charge in [-0.25, -0.2) is 0 Å². The van der Waals surface area contributed by atoms with Crippen LogP contribution in [0.15, 0.2) is 16.6 Å². The molecule has 1 fully saturated rings. The van der Waals surface area contributed by atoms with Crippen molar-refractivity contribution in [2.45, 2.75) is 13.5 Å². The lowest BCUT2D eigenvalue weighted by atomic mass is 10.1. The molecule has 0 amide bonds. The van der Waals surface area contributed by atoms with E-state index in [-0.39, 0.29) is 5.78 Å². The van der Waals surface area contributed by atoms with E-state index in [4.69, 9.17) is 5.73 Å². The first-order valence-electron chi connectivity index (χ1n) is 6.47. The summed E-state index contributed by atoms with van der Waals surface area (Å²) in [6.07, 6.45) is 0. The SMILES string of the molecule is CC(=O)c1cc(Br)c(N)c(CN2CCN(C)CC2)c1. The molecule has 0 atom stereocenters. The summed E-state index contributed by atoms with van der Waals surface area (Å²) in [7, 11) is 2.14. The van der Waals surface area contributed by atoms with E-state index in [1.54, 1.807) is 13.0 Å². The second-order valence-corrected chi connectivity index (χ2v) is 6.02. The summed E-state index contributed by atoms with van der Waals surface area (Å²) < 4.78 is 0.810. The number of nitrogens with two attached hydrogens (primary N) is 1. The van der Waals surface area contributed by atoms with Crippen molar-refractivity contribution in [3.63, 3.8) is 0 Å². The number of carbonyl (C=O) groups excluding carboxylic acids is 1. The van der Waals surface area contributed by atoms with Crippen molar-refractivity contribution in [3.8, 4) is 0 Å². The Balaban J connectivity index is 2.17. The van der Waals surface area contributed by atoms with Crippen LogP contribution in [-0.4, -0.2) is 48.8 Å². The van der Waals surface area contributed by atoms with Gasteiger partial charge in [0.15, 0.2) is 5.78 Å². The number of nitrogen functional groups attached to an aromatic ring is 1. The van der Waals surface area contributed by atoms with Gasteiger partial charge in [-0.15, -0.1) is 0 Å². The number of likely N-dealkylation sites (N-methyl/N-ethyl adjacent to an activating group) is 1. The molecule has 1 aromatic carbocycles. The number of hydrogen-bond donors (Lipinski definition) is 1. The molecule has 19 heavy (non-hydrogen) atoms. The van der Waals surface area contributed by atoms with E-state index in [0.29, 0.717) is 5.56 Å². The quantitative estimate of drug-likeness (QED) is 0.682. The molecule has 1 heterocycles. The molecule has 0 bridgehead atoms. The first-order chi connectivity index (χ1) is 8.97. The van der Waals surface area contributed by atoms with Gasteiger partial charge in [0.2, 0.25) is 0 Å². The Morgan fingerprint density at radius 1 is 1.32 bits per heavy atom. The number of hydrogen-bond acceptors (Lipinski definition) is 4. The molecule has 2 N–H and O–H groups in total. The largest absolute Gasteiger partial charge is 0.398 e. The first kappa shape index (κ1) is 14.5. The molecule has 104 valence electrons. The predicted molar refractivity (Wildman–Crippen MR) is 81.3 cm³/mol. The predicted octanol–water partition coefficient (Wildman–Crippen LogP) is 1.98. The number of Topliss-reactive ketones (excluding diaryl/α,β-unsaturated/α-hetero) is 1. The highest BCUT2D eigenvalue weighted by Crippen LogP contribution is 2.27. The number of carbonyl (C=O) groups is 1.